The maximum atomic E-state index is 13.3. The number of hydrogen-bond acceptors (Lipinski definition) is 5. The molecule has 168 valence electrons. The first-order chi connectivity index (χ1) is 15.0. The fourth-order valence-electron chi connectivity index (χ4n) is 4.80. The zero-order valence-electron chi connectivity index (χ0n) is 18.6. The highest BCUT2D eigenvalue weighted by Crippen LogP contribution is 2.23. The number of amides is 2. The number of piperidine rings is 1. The Morgan fingerprint density at radius 1 is 1.19 bits per heavy atom. The lowest BCUT2D eigenvalue weighted by atomic mass is 10.0. The van der Waals surface area contributed by atoms with Crippen LogP contribution < -0.4 is 0 Å². The molecule has 2 aromatic rings. The lowest BCUT2D eigenvalue weighted by Gasteiger charge is -2.39. The number of hydrogen-bond donors (Lipinski definition) is 0. The predicted octanol–water partition coefficient (Wildman–Crippen LogP) is 1.75. The highest BCUT2D eigenvalue weighted by Gasteiger charge is 2.31. The number of likely N-dealkylation sites (tertiary alicyclic amines) is 1. The Hall–Kier alpha value is -2.45. The minimum absolute atomic E-state index is 0.0432. The fourth-order valence-corrected chi connectivity index (χ4v) is 4.80. The number of rotatable bonds is 6. The minimum Gasteiger partial charge on any atom is -0.379 e. The van der Waals surface area contributed by atoms with Crippen molar-refractivity contribution in [3.63, 3.8) is 0 Å². The molecule has 8 heteroatoms. The third kappa shape index (κ3) is 4.91. The van der Waals surface area contributed by atoms with E-state index >= 15 is 0 Å². The van der Waals surface area contributed by atoms with Gasteiger partial charge >= 0.3 is 0 Å². The Morgan fingerprint density at radius 2 is 1.97 bits per heavy atom. The van der Waals surface area contributed by atoms with Gasteiger partial charge in [0.25, 0.3) is 5.91 Å². The van der Waals surface area contributed by atoms with Crippen LogP contribution in [0.4, 0.5) is 0 Å². The second kappa shape index (κ2) is 9.78. The molecule has 8 nitrogen and oxygen atoms in total. The number of nitrogens with zero attached hydrogens (tertiary/aromatic N) is 5. The van der Waals surface area contributed by atoms with Crippen LogP contribution in [-0.2, 0) is 16.6 Å². The molecule has 3 heterocycles. The van der Waals surface area contributed by atoms with Gasteiger partial charge < -0.3 is 14.5 Å². The van der Waals surface area contributed by atoms with Crippen LogP contribution in [0.3, 0.4) is 0 Å². The largest absolute Gasteiger partial charge is 0.379 e. The van der Waals surface area contributed by atoms with Crippen LogP contribution in [0.25, 0.3) is 10.9 Å². The lowest BCUT2D eigenvalue weighted by molar-refractivity contribution is -0.132. The first-order valence-electron chi connectivity index (χ1n) is 11.3. The number of para-hydroxylation sites is 1. The van der Waals surface area contributed by atoms with Gasteiger partial charge in [0.2, 0.25) is 5.91 Å². The van der Waals surface area contributed by atoms with Gasteiger partial charge in [-0.05, 0) is 25.3 Å². The van der Waals surface area contributed by atoms with E-state index in [4.69, 9.17) is 4.74 Å². The lowest BCUT2D eigenvalue weighted by Crippen LogP contribution is -2.52. The van der Waals surface area contributed by atoms with Gasteiger partial charge in [-0.3, -0.25) is 19.2 Å². The second-order valence-electron chi connectivity index (χ2n) is 8.56. The van der Waals surface area contributed by atoms with Gasteiger partial charge in [-0.1, -0.05) is 18.2 Å². The van der Waals surface area contributed by atoms with E-state index in [0.29, 0.717) is 18.8 Å². The van der Waals surface area contributed by atoms with Gasteiger partial charge in [0, 0.05) is 64.7 Å². The van der Waals surface area contributed by atoms with Crippen LogP contribution in [0.15, 0.2) is 24.3 Å². The molecule has 0 N–H and O–H groups in total. The molecule has 2 fully saturated rings. The van der Waals surface area contributed by atoms with E-state index in [1.165, 1.54) is 0 Å². The highest BCUT2D eigenvalue weighted by molar-refractivity contribution is 6.04. The summed E-state index contributed by atoms with van der Waals surface area (Å²) in [5.74, 6) is 0.0443. The van der Waals surface area contributed by atoms with Crippen molar-refractivity contribution in [3.8, 4) is 0 Å². The molecule has 2 amide bonds. The van der Waals surface area contributed by atoms with E-state index in [1.807, 2.05) is 41.1 Å². The van der Waals surface area contributed by atoms with E-state index in [9.17, 15) is 9.59 Å². The molecule has 0 spiro atoms. The van der Waals surface area contributed by atoms with Crippen molar-refractivity contribution in [2.75, 3.05) is 52.5 Å². The van der Waals surface area contributed by atoms with Crippen LogP contribution in [0.1, 0.15) is 36.7 Å². The average molecular weight is 428 g/mol. The third-order valence-corrected chi connectivity index (χ3v) is 6.47. The molecule has 2 saturated heterocycles. The van der Waals surface area contributed by atoms with Crippen molar-refractivity contribution < 1.29 is 14.3 Å². The normalized spacial score (nSPS) is 20.2. The number of carbonyl (C=O) groups is 2. The van der Waals surface area contributed by atoms with E-state index in [0.717, 1.165) is 69.6 Å². The fraction of sp³-hybridized carbons (Fsp3) is 0.609. The number of carbonyl (C=O) groups excluding carboxylic acids is 2. The molecular formula is C23H33N5O3. The van der Waals surface area contributed by atoms with Gasteiger partial charge in [-0.15, -0.1) is 0 Å². The van der Waals surface area contributed by atoms with Crippen molar-refractivity contribution >= 4 is 22.7 Å². The van der Waals surface area contributed by atoms with Crippen LogP contribution in [0.2, 0.25) is 0 Å². The summed E-state index contributed by atoms with van der Waals surface area (Å²) in [6, 6.07) is 7.88. The number of benzene rings is 1. The molecule has 2 aliphatic heterocycles. The second-order valence-corrected chi connectivity index (χ2v) is 8.56. The van der Waals surface area contributed by atoms with Crippen LogP contribution in [0.5, 0.6) is 0 Å². The molecule has 0 aliphatic carbocycles. The first kappa shape index (κ1) is 21.8. The zero-order chi connectivity index (χ0) is 21.8. The molecule has 0 radical (unpaired) electrons. The monoisotopic (exact) mass is 427 g/mol. The standard InChI is InChI=1S/C23H33N5O3/c1-18(29)28(12-6-10-26-13-15-31-16-14-26)19-7-5-11-27(17-19)23(30)22-20-8-3-4-9-21(20)25(2)24-22/h3-4,8-9,19H,5-7,10-17H2,1-2H3. The maximum Gasteiger partial charge on any atom is 0.275 e. The average Bonchev–Trinajstić information content (AvgIpc) is 3.13. The molecule has 0 bridgehead atoms. The van der Waals surface area contributed by atoms with Crippen LogP contribution in [0, 0.1) is 0 Å². The Balaban J connectivity index is 1.40. The van der Waals surface area contributed by atoms with E-state index in [1.54, 1.807) is 11.6 Å². The van der Waals surface area contributed by atoms with Crippen molar-refractivity contribution in [3.05, 3.63) is 30.0 Å². The van der Waals surface area contributed by atoms with Crippen molar-refractivity contribution in [1.82, 2.24) is 24.5 Å². The van der Waals surface area contributed by atoms with Gasteiger partial charge in [-0.2, -0.15) is 5.10 Å². The summed E-state index contributed by atoms with van der Waals surface area (Å²) < 4.78 is 7.17. The maximum absolute atomic E-state index is 13.3. The van der Waals surface area contributed by atoms with Crippen LogP contribution >= 0.6 is 0 Å². The van der Waals surface area contributed by atoms with Crippen molar-refractivity contribution in [2.45, 2.75) is 32.2 Å². The molecule has 31 heavy (non-hydrogen) atoms. The quantitative estimate of drug-likeness (QED) is 0.703. The molecule has 1 aromatic carbocycles. The van der Waals surface area contributed by atoms with Gasteiger partial charge in [-0.25, -0.2) is 0 Å². The predicted molar refractivity (Wildman–Crippen MR) is 119 cm³/mol. The van der Waals surface area contributed by atoms with E-state index < -0.39 is 0 Å². The Bertz CT molecular complexity index is 921. The summed E-state index contributed by atoms with van der Waals surface area (Å²) >= 11 is 0. The topological polar surface area (TPSA) is 70.9 Å². The third-order valence-electron chi connectivity index (χ3n) is 6.47. The van der Waals surface area contributed by atoms with Crippen LogP contribution in [-0.4, -0.2) is 94.8 Å². The smallest absolute Gasteiger partial charge is 0.275 e. The highest BCUT2D eigenvalue weighted by atomic mass is 16.5. The molecule has 0 saturated carbocycles. The molecule has 2 aliphatic rings. The number of aromatic nitrogens is 2. The summed E-state index contributed by atoms with van der Waals surface area (Å²) in [6.45, 7) is 8.13. The zero-order valence-corrected chi connectivity index (χ0v) is 18.6. The Labute approximate surface area is 183 Å². The molecular weight excluding hydrogens is 394 g/mol. The number of aryl methyl sites for hydroxylation is 1. The first-order valence-corrected chi connectivity index (χ1v) is 11.3. The van der Waals surface area contributed by atoms with E-state index in [2.05, 4.69) is 10.00 Å². The Morgan fingerprint density at radius 3 is 2.74 bits per heavy atom. The minimum atomic E-state index is -0.0432. The van der Waals surface area contributed by atoms with Gasteiger partial charge in [0.1, 0.15) is 0 Å². The molecule has 1 aromatic heterocycles. The van der Waals surface area contributed by atoms with Gasteiger partial charge in [0.05, 0.1) is 18.7 Å². The summed E-state index contributed by atoms with van der Waals surface area (Å²) in [5, 5.41) is 5.38. The molecule has 1 atom stereocenters. The summed E-state index contributed by atoms with van der Waals surface area (Å²) in [5.41, 5.74) is 1.45. The molecule has 1 unspecified atom stereocenters. The summed E-state index contributed by atoms with van der Waals surface area (Å²) in [4.78, 5) is 32.0. The van der Waals surface area contributed by atoms with Crippen molar-refractivity contribution in [1.29, 1.82) is 0 Å². The SMILES string of the molecule is CC(=O)N(CCCN1CCOCC1)C1CCCN(C(=O)c2nn(C)c3ccccc23)C1. The number of morpholine rings is 1. The van der Waals surface area contributed by atoms with Crippen molar-refractivity contribution in [2.24, 2.45) is 7.05 Å². The van der Waals surface area contributed by atoms with Gasteiger partial charge in [0.15, 0.2) is 5.69 Å². The number of ether oxygens (including phenoxy) is 1. The van der Waals surface area contributed by atoms with E-state index in [-0.39, 0.29) is 17.9 Å². The summed E-state index contributed by atoms with van der Waals surface area (Å²) in [7, 11) is 1.87. The molecule has 4 rings (SSSR count). The summed E-state index contributed by atoms with van der Waals surface area (Å²) in [6.07, 6.45) is 2.77. The Kier molecular flexibility index (Phi) is 6.87. The number of fused-ring (bicyclic) bond motifs is 1.